The summed E-state index contributed by atoms with van der Waals surface area (Å²) in [6.45, 7) is 1.65. The second-order valence-corrected chi connectivity index (χ2v) is 4.91. The molecule has 0 amide bonds. The van der Waals surface area contributed by atoms with Crippen LogP contribution in [0.3, 0.4) is 0 Å². The highest BCUT2D eigenvalue weighted by atomic mass is 16.5. The predicted octanol–water partition coefficient (Wildman–Crippen LogP) is 2.11. The summed E-state index contributed by atoms with van der Waals surface area (Å²) in [5.74, 6) is 2.29. The topological polar surface area (TPSA) is 64.3 Å². The fraction of sp³-hybridized carbons (Fsp3) is 0.333. The van der Waals surface area contributed by atoms with Crippen LogP contribution >= 0.6 is 0 Å². The Bertz CT molecular complexity index is 561. The summed E-state index contributed by atoms with van der Waals surface area (Å²) < 4.78 is 5.86. The van der Waals surface area contributed by atoms with E-state index in [1.807, 2.05) is 36.4 Å². The van der Waals surface area contributed by atoms with Gasteiger partial charge < -0.3 is 15.4 Å². The molecule has 0 bridgehead atoms. The van der Waals surface area contributed by atoms with Crippen molar-refractivity contribution in [3.05, 3.63) is 42.7 Å². The lowest BCUT2D eigenvalue weighted by Gasteiger charge is -2.25. The van der Waals surface area contributed by atoms with Gasteiger partial charge in [0.05, 0.1) is 6.04 Å². The fourth-order valence-electron chi connectivity index (χ4n) is 2.54. The van der Waals surface area contributed by atoms with Gasteiger partial charge in [-0.25, -0.2) is 9.97 Å². The lowest BCUT2D eigenvalue weighted by atomic mass is 10.2. The van der Waals surface area contributed by atoms with Crippen molar-refractivity contribution in [1.29, 1.82) is 0 Å². The molecular formula is C15H18N4O. The molecular weight excluding hydrogens is 252 g/mol. The van der Waals surface area contributed by atoms with Crippen LogP contribution in [0.25, 0.3) is 0 Å². The molecule has 0 unspecified atom stereocenters. The van der Waals surface area contributed by atoms with Gasteiger partial charge in [0, 0.05) is 12.6 Å². The molecule has 5 heteroatoms. The van der Waals surface area contributed by atoms with Gasteiger partial charge in [0.1, 0.15) is 30.3 Å². The molecule has 2 heterocycles. The van der Waals surface area contributed by atoms with Crippen molar-refractivity contribution in [2.75, 3.05) is 23.8 Å². The highest BCUT2D eigenvalue weighted by molar-refractivity contribution is 5.47. The standard InChI is InChI=1S/C15H18N4O/c16-14-9-15(18-11-17-14)19-8-4-5-12(19)10-20-13-6-2-1-3-7-13/h1-3,6-7,9,11-12H,4-5,8,10H2,(H2,16,17,18)/t12-/m1/s1. The Morgan fingerprint density at radius 2 is 2.10 bits per heavy atom. The third-order valence-electron chi connectivity index (χ3n) is 3.53. The molecule has 1 aliphatic rings. The van der Waals surface area contributed by atoms with Crippen molar-refractivity contribution < 1.29 is 4.74 Å². The highest BCUT2D eigenvalue weighted by Gasteiger charge is 2.26. The summed E-state index contributed by atoms with van der Waals surface area (Å²) in [4.78, 5) is 10.5. The highest BCUT2D eigenvalue weighted by Crippen LogP contribution is 2.25. The van der Waals surface area contributed by atoms with Crippen molar-refractivity contribution >= 4 is 11.6 Å². The predicted molar refractivity (Wildman–Crippen MR) is 78.7 cm³/mol. The van der Waals surface area contributed by atoms with Gasteiger partial charge in [0.15, 0.2) is 0 Å². The van der Waals surface area contributed by atoms with Crippen molar-refractivity contribution in [1.82, 2.24) is 9.97 Å². The summed E-state index contributed by atoms with van der Waals surface area (Å²) in [5, 5.41) is 0. The van der Waals surface area contributed by atoms with Crippen LogP contribution in [0, 0.1) is 0 Å². The third kappa shape index (κ3) is 2.82. The number of rotatable bonds is 4. The Morgan fingerprint density at radius 3 is 2.90 bits per heavy atom. The number of nitrogens with zero attached hydrogens (tertiary/aromatic N) is 3. The number of nitrogen functional groups attached to an aromatic ring is 1. The van der Waals surface area contributed by atoms with Crippen LogP contribution in [0.15, 0.2) is 42.7 Å². The molecule has 1 saturated heterocycles. The maximum atomic E-state index is 5.86. The smallest absolute Gasteiger partial charge is 0.134 e. The summed E-state index contributed by atoms with van der Waals surface area (Å²) in [6.07, 6.45) is 3.77. The Kier molecular flexibility index (Phi) is 3.67. The summed E-state index contributed by atoms with van der Waals surface area (Å²) in [7, 11) is 0. The minimum absolute atomic E-state index is 0.338. The van der Waals surface area contributed by atoms with Crippen LogP contribution < -0.4 is 15.4 Å². The first-order chi connectivity index (χ1) is 9.83. The van der Waals surface area contributed by atoms with Gasteiger partial charge in [-0.2, -0.15) is 0 Å². The minimum Gasteiger partial charge on any atom is -0.491 e. The average Bonchev–Trinajstić information content (AvgIpc) is 2.95. The number of benzene rings is 1. The average molecular weight is 270 g/mol. The van der Waals surface area contributed by atoms with E-state index in [0.29, 0.717) is 18.5 Å². The van der Waals surface area contributed by atoms with E-state index in [1.165, 1.54) is 6.33 Å². The Hall–Kier alpha value is -2.30. The van der Waals surface area contributed by atoms with Crippen LogP contribution in [0.4, 0.5) is 11.6 Å². The number of nitrogens with two attached hydrogens (primary N) is 1. The van der Waals surface area contributed by atoms with Gasteiger partial charge in [-0.3, -0.25) is 0 Å². The van der Waals surface area contributed by atoms with E-state index < -0.39 is 0 Å². The molecule has 0 radical (unpaired) electrons. The van der Waals surface area contributed by atoms with E-state index in [9.17, 15) is 0 Å². The van der Waals surface area contributed by atoms with Gasteiger partial charge in [-0.05, 0) is 25.0 Å². The summed E-state index contributed by atoms with van der Waals surface area (Å²) >= 11 is 0. The second kappa shape index (κ2) is 5.77. The zero-order valence-electron chi connectivity index (χ0n) is 11.3. The molecule has 2 aromatic rings. The second-order valence-electron chi connectivity index (χ2n) is 4.91. The third-order valence-corrected chi connectivity index (χ3v) is 3.53. The van der Waals surface area contributed by atoms with Crippen LogP contribution in [0.5, 0.6) is 5.75 Å². The number of para-hydroxylation sites is 1. The number of hydrogen-bond acceptors (Lipinski definition) is 5. The summed E-state index contributed by atoms with van der Waals surface area (Å²) in [5.41, 5.74) is 5.73. The van der Waals surface area contributed by atoms with Crippen molar-refractivity contribution in [2.45, 2.75) is 18.9 Å². The first-order valence-corrected chi connectivity index (χ1v) is 6.85. The van der Waals surface area contributed by atoms with E-state index in [2.05, 4.69) is 14.9 Å². The zero-order valence-corrected chi connectivity index (χ0v) is 11.3. The van der Waals surface area contributed by atoms with Crippen LogP contribution in [-0.4, -0.2) is 29.2 Å². The maximum absolute atomic E-state index is 5.86. The Labute approximate surface area is 118 Å². The van der Waals surface area contributed by atoms with Gasteiger partial charge in [-0.15, -0.1) is 0 Å². The first-order valence-electron chi connectivity index (χ1n) is 6.85. The quantitative estimate of drug-likeness (QED) is 0.921. The van der Waals surface area contributed by atoms with E-state index in [1.54, 1.807) is 0 Å². The van der Waals surface area contributed by atoms with Crippen molar-refractivity contribution in [2.24, 2.45) is 0 Å². The Morgan fingerprint density at radius 1 is 1.25 bits per heavy atom. The van der Waals surface area contributed by atoms with Crippen molar-refractivity contribution in [3.63, 3.8) is 0 Å². The molecule has 2 N–H and O–H groups in total. The van der Waals surface area contributed by atoms with E-state index in [-0.39, 0.29) is 0 Å². The van der Waals surface area contributed by atoms with Crippen molar-refractivity contribution in [3.8, 4) is 5.75 Å². The van der Waals surface area contributed by atoms with Crippen LogP contribution in [0.2, 0.25) is 0 Å². The number of aromatic nitrogens is 2. The summed E-state index contributed by atoms with van der Waals surface area (Å²) in [6, 6.07) is 12.0. The molecule has 0 spiro atoms. The molecule has 1 aliphatic heterocycles. The largest absolute Gasteiger partial charge is 0.491 e. The van der Waals surface area contributed by atoms with Gasteiger partial charge >= 0.3 is 0 Å². The Balaban J connectivity index is 1.67. The van der Waals surface area contributed by atoms with Crippen LogP contribution in [-0.2, 0) is 0 Å². The van der Waals surface area contributed by atoms with E-state index >= 15 is 0 Å². The van der Waals surface area contributed by atoms with Crippen LogP contribution in [0.1, 0.15) is 12.8 Å². The molecule has 1 aromatic carbocycles. The molecule has 20 heavy (non-hydrogen) atoms. The monoisotopic (exact) mass is 270 g/mol. The van der Waals surface area contributed by atoms with Gasteiger partial charge in [0.25, 0.3) is 0 Å². The lowest BCUT2D eigenvalue weighted by molar-refractivity contribution is 0.288. The fourth-order valence-corrected chi connectivity index (χ4v) is 2.54. The minimum atomic E-state index is 0.338. The number of hydrogen-bond donors (Lipinski definition) is 1. The molecule has 0 aliphatic carbocycles. The first kappa shape index (κ1) is 12.7. The lowest BCUT2D eigenvalue weighted by Crippen LogP contribution is -2.34. The SMILES string of the molecule is Nc1cc(N2CCC[C@@H]2COc2ccccc2)ncn1. The van der Waals surface area contributed by atoms with Gasteiger partial charge in [0.2, 0.25) is 0 Å². The molecule has 5 nitrogen and oxygen atoms in total. The molecule has 1 fully saturated rings. The zero-order chi connectivity index (χ0) is 13.8. The maximum Gasteiger partial charge on any atom is 0.134 e. The number of ether oxygens (including phenoxy) is 1. The molecule has 3 rings (SSSR count). The molecule has 1 aromatic heterocycles. The van der Waals surface area contributed by atoms with Gasteiger partial charge in [-0.1, -0.05) is 18.2 Å². The number of anilines is 2. The van der Waals surface area contributed by atoms with E-state index in [0.717, 1.165) is 31.0 Å². The molecule has 0 saturated carbocycles. The van der Waals surface area contributed by atoms with E-state index in [4.69, 9.17) is 10.5 Å². The molecule has 104 valence electrons. The molecule has 1 atom stereocenters. The normalized spacial score (nSPS) is 18.2.